The second kappa shape index (κ2) is 6.60. The van der Waals surface area contributed by atoms with Gasteiger partial charge in [-0.25, -0.2) is 4.98 Å². The number of thiazole rings is 1. The normalized spacial score (nSPS) is 13.5. The number of furan rings is 2. The molecule has 0 atom stereocenters. The molecular weight excluding hydrogens is 434 g/mol. The minimum absolute atomic E-state index is 0.134. The summed E-state index contributed by atoms with van der Waals surface area (Å²) in [5.41, 5.74) is 2.25. The highest BCUT2D eigenvalue weighted by atomic mass is 32.1. The molecule has 3 aromatic carbocycles. The first-order valence-corrected chi connectivity index (χ1v) is 11.2. The predicted octanol–water partition coefficient (Wildman–Crippen LogP) is 6.92. The molecule has 0 fully saturated rings. The van der Waals surface area contributed by atoms with Crippen LogP contribution in [0.4, 0.5) is 0 Å². The van der Waals surface area contributed by atoms with Crippen molar-refractivity contribution in [3.05, 3.63) is 94.5 Å². The molecule has 1 aliphatic rings. The zero-order chi connectivity index (χ0) is 22.1. The zero-order valence-electron chi connectivity index (χ0n) is 17.0. The van der Waals surface area contributed by atoms with Crippen molar-refractivity contribution < 1.29 is 18.4 Å². The van der Waals surface area contributed by atoms with Gasteiger partial charge < -0.3 is 8.83 Å². The van der Waals surface area contributed by atoms with Gasteiger partial charge in [-0.3, -0.25) is 9.59 Å². The molecule has 0 amide bonds. The number of hydrogen-bond donors (Lipinski definition) is 0. The lowest BCUT2D eigenvalue weighted by Crippen LogP contribution is -2.00. The van der Waals surface area contributed by atoms with Gasteiger partial charge in [0.1, 0.15) is 10.6 Å². The molecule has 7 rings (SSSR count). The first kappa shape index (κ1) is 18.3. The average Bonchev–Trinajstić information content (AvgIpc) is 3.57. The molecule has 0 saturated carbocycles. The number of Topliss-reactive ketones (excluding diaryl/α,β-unsaturated/α-hetero) is 2. The molecule has 0 N–H and O–H groups in total. The number of fused-ring (bicyclic) bond motifs is 4. The zero-order valence-corrected chi connectivity index (χ0v) is 17.8. The summed E-state index contributed by atoms with van der Waals surface area (Å²) in [7, 11) is 0. The molecule has 6 aromatic rings. The van der Waals surface area contributed by atoms with Crippen LogP contribution in [0, 0.1) is 0 Å². The van der Waals surface area contributed by atoms with E-state index in [0.29, 0.717) is 33.4 Å². The maximum atomic E-state index is 13.0. The van der Waals surface area contributed by atoms with E-state index in [9.17, 15) is 9.59 Å². The second-order valence-corrected chi connectivity index (χ2v) is 9.00. The van der Waals surface area contributed by atoms with Gasteiger partial charge in [-0.1, -0.05) is 42.5 Å². The number of carbonyl (C=O) groups excluding carboxylic acids is 2. The summed E-state index contributed by atoms with van der Waals surface area (Å²) in [5.74, 6) is 0.683. The molecule has 0 radical (unpaired) electrons. The summed E-state index contributed by atoms with van der Waals surface area (Å²) in [5, 5.41) is 3.41. The molecule has 33 heavy (non-hydrogen) atoms. The molecule has 5 nitrogen and oxygen atoms in total. The van der Waals surface area contributed by atoms with Gasteiger partial charge in [-0.15, -0.1) is 11.3 Å². The lowest BCUT2D eigenvalue weighted by Gasteiger charge is -2.00. The van der Waals surface area contributed by atoms with Crippen molar-refractivity contribution in [2.45, 2.75) is 0 Å². The Kier molecular flexibility index (Phi) is 3.66. The Morgan fingerprint density at radius 2 is 1.36 bits per heavy atom. The molecule has 0 bridgehead atoms. The van der Waals surface area contributed by atoms with Crippen molar-refractivity contribution in [1.29, 1.82) is 0 Å². The Morgan fingerprint density at radius 3 is 2.03 bits per heavy atom. The number of para-hydroxylation sites is 1. The third-order valence-electron chi connectivity index (χ3n) is 5.91. The van der Waals surface area contributed by atoms with Gasteiger partial charge in [0.05, 0.1) is 10.3 Å². The second-order valence-electron chi connectivity index (χ2n) is 7.94. The standard InChI is InChI=1S/C27H13NO4S/c29-25-17-9-14-5-1-2-6-15(14)10-18(17)26(30)19(25)12-24-28-27-23(33-24)13-22(32-27)21-11-16-7-3-4-8-20(16)31-21/h1-13H. The van der Waals surface area contributed by atoms with E-state index in [-0.39, 0.29) is 17.1 Å². The van der Waals surface area contributed by atoms with Crippen LogP contribution < -0.4 is 0 Å². The fraction of sp³-hybridized carbons (Fsp3) is 0. The van der Waals surface area contributed by atoms with E-state index in [0.717, 1.165) is 26.4 Å². The van der Waals surface area contributed by atoms with E-state index in [2.05, 4.69) is 4.98 Å². The predicted molar refractivity (Wildman–Crippen MR) is 128 cm³/mol. The van der Waals surface area contributed by atoms with E-state index in [1.54, 1.807) is 18.2 Å². The molecule has 0 unspecified atom stereocenters. The summed E-state index contributed by atoms with van der Waals surface area (Å²) in [6.45, 7) is 0. The topological polar surface area (TPSA) is 73.3 Å². The van der Waals surface area contributed by atoms with Crippen LogP contribution in [0.25, 0.3) is 49.8 Å². The first-order chi connectivity index (χ1) is 16.1. The number of benzene rings is 3. The third kappa shape index (κ3) is 2.74. The highest BCUT2D eigenvalue weighted by molar-refractivity contribution is 7.19. The quantitative estimate of drug-likeness (QED) is 0.213. The van der Waals surface area contributed by atoms with Gasteiger partial charge in [-0.2, -0.15) is 0 Å². The smallest absolute Gasteiger partial charge is 0.238 e. The highest BCUT2D eigenvalue weighted by Crippen LogP contribution is 2.36. The Balaban J connectivity index is 1.26. The van der Waals surface area contributed by atoms with Crippen molar-refractivity contribution in [3.8, 4) is 11.5 Å². The molecule has 1 aliphatic carbocycles. The van der Waals surface area contributed by atoms with Crippen LogP contribution in [0.2, 0.25) is 0 Å². The van der Waals surface area contributed by atoms with Crippen molar-refractivity contribution in [1.82, 2.24) is 4.98 Å². The van der Waals surface area contributed by atoms with E-state index in [4.69, 9.17) is 8.83 Å². The summed E-state index contributed by atoms with van der Waals surface area (Å²) < 4.78 is 12.6. The molecular formula is C27H13NO4S. The van der Waals surface area contributed by atoms with Crippen LogP contribution in [-0.2, 0) is 0 Å². The fourth-order valence-corrected chi connectivity index (χ4v) is 5.17. The first-order valence-electron chi connectivity index (χ1n) is 10.4. The maximum Gasteiger partial charge on any atom is 0.238 e. The Labute approximate surface area is 190 Å². The Bertz CT molecular complexity index is 1690. The Morgan fingerprint density at radius 1 is 0.727 bits per heavy atom. The average molecular weight is 447 g/mol. The van der Waals surface area contributed by atoms with E-state index >= 15 is 0 Å². The van der Waals surface area contributed by atoms with Gasteiger partial charge in [0, 0.05) is 22.6 Å². The van der Waals surface area contributed by atoms with Gasteiger partial charge in [-0.05, 0) is 41.1 Å². The summed E-state index contributed by atoms with van der Waals surface area (Å²) in [4.78, 5) is 30.5. The summed E-state index contributed by atoms with van der Waals surface area (Å²) in [6, 6.07) is 22.8. The number of carbonyl (C=O) groups is 2. The van der Waals surface area contributed by atoms with Crippen LogP contribution >= 0.6 is 11.3 Å². The fourth-order valence-electron chi connectivity index (χ4n) is 4.30. The van der Waals surface area contributed by atoms with Crippen LogP contribution in [0.15, 0.2) is 87.2 Å². The molecule has 3 aromatic heterocycles. The molecule has 0 saturated heterocycles. The Hall–Kier alpha value is -4.29. The highest BCUT2D eigenvalue weighted by Gasteiger charge is 2.33. The van der Waals surface area contributed by atoms with Crippen molar-refractivity contribution in [2.24, 2.45) is 0 Å². The van der Waals surface area contributed by atoms with Gasteiger partial charge in [0.2, 0.25) is 5.71 Å². The minimum atomic E-state index is -0.268. The SMILES string of the molecule is O=C1C(=Cc2nc3oc(-c4cc5ccccc5o4)cc3s2)C(=O)c2cc3ccccc3cc21. The number of ketones is 2. The number of hydrogen-bond acceptors (Lipinski definition) is 6. The molecule has 6 heteroatoms. The third-order valence-corrected chi connectivity index (χ3v) is 6.84. The van der Waals surface area contributed by atoms with E-state index in [1.165, 1.54) is 11.3 Å². The monoisotopic (exact) mass is 447 g/mol. The van der Waals surface area contributed by atoms with E-state index < -0.39 is 0 Å². The molecule has 156 valence electrons. The molecule has 3 heterocycles. The van der Waals surface area contributed by atoms with Crippen molar-refractivity contribution in [3.63, 3.8) is 0 Å². The summed E-state index contributed by atoms with van der Waals surface area (Å²) in [6.07, 6.45) is 1.57. The number of nitrogens with zero attached hydrogens (tertiary/aromatic N) is 1. The van der Waals surface area contributed by atoms with Crippen molar-refractivity contribution >= 4 is 61.1 Å². The van der Waals surface area contributed by atoms with Crippen LogP contribution in [0.3, 0.4) is 0 Å². The van der Waals surface area contributed by atoms with Crippen LogP contribution in [0.5, 0.6) is 0 Å². The van der Waals surface area contributed by atoms with Gasteiger partial charge in [0.15, 0.2) is 23.1 Å². The molecule has 0 aliphatic heterocycles. The largest absolute Gasteiger partial charge is 0.453 e. The number of aromatic nitrogens is 1. The summed E-state index contributed by atoms with van der Waals surface area (Å²) >= 11 is 1.36. The van der Waals surface area contributed by atoms with Crippen molar-refractivity contribution in [2.75, 3.05) is 0 Å². The maximum absolute atomic E-state index is 13.0. The van der Waals surface area contributed by atoms with Crippen LogP contribution in [0.1, 0.15) is 25.7 Å². The lowest BCUT2D eigenvalue weighted by atomic mass is 10.0. The van der Waals surface area contributed by atoms with Gasteiger partial charge >= 0.3 is 0 Å². The number of allylic oxidation sites excluding steroid dienone is 1. The number of rotatable bonds is 2. The molecule has 0 spiro atoms. The van der Waals surface area contributed by atoms with Crippen LogP contribution in [-0.4, -0.2) is 16.6 Å². The van der Waals surface area contributed by atoms with Gasteiger partial charge in [0.25, 0.3) is 0 Å². The minimum Gasteiger partial charge on any atom is -0.453 e. The lowest BCUT2D eigenvalue weighted by molar-refractivity contribution is 0.0990. The van der Waals surface area contributed by atoms with E-state index in [1.807, 2.05) is 60.7 Å².